The van der Waals surface area contributed by atoms with Gasteiger partial charge in [0.2, 0.25) is 0 Å². The van der Waals surface area contributed by atoms with Gasteiger partial charge in [0.05, 0.1) is 11.5 Å². The number of anilines is 1. The smallest absolute Gasteiger partial charge is 0.290 e. The quantitative estimate of drug-likeness (QED) is 0.739. The normalized spacial score (nSPS) is 10.6. The summed E-state index contributed by atoms with van der Waals surface area (Å²) in [5, 5.41) is 11.6. The van der Waals surface area contributed by atoms with Crippen molar-refractivity contribution in [1.82, 2.24) is 9.97 Å². The lowest BCUT2D eigenvalue weighted by molar-refractivity contribution is 0.527. The summed E-state index contributed by atoms with van der Waals surface area (Å²) in [6.07, 6.45) is 2.95. The molecule has 5 nitrogen and oxygen atoms in total. The van der Waals surface area contributed by atoms with Crippen LogP contribution in [0, 0.1) is 16.7 Å². The number of H-pyrrole nitrogens is 1. The zero-order chi connectivity index (χ0) is 10.6. The highest BCUT2D eigenvalue weighted by atomic mass is 16.1. The number of rotatable bonds is 3. The van der Waals surface area contributed by atoms with E-state index >= 15 is 0 Å². The summed E-state index contributed by atoms with van der Waals surface area (Å²) in [4.78, 5) is 17.5. The molecule has 0 fully saturated rings. The first-order valence-electron chi connectivity index (χ1n) is 4.24. The summed E-state index contributed by atoms with van der Waals surface area (Å²) in [5.74, 6) is 0.246. The van der Waals surface area contributed by atoms with Crippen molar-refractivity contribution in [2.24, 2.45) is 5.41 Å². The minimum absolute atomic E-state index is 0.246. The van der Waals surface area contributed by atoms with Crippen molar-refractivity contribution in [3.8, 4) is 6.07 Å². The third-order valence-electron chi connectivity index (χ3n) is 1.71. The van der Waals surface area contributed by atoms with Gasteiger partial charge in [-0.1, -0.05) is 0 Å². The molecule has 74 valence electrons. The Hall–Kier alpha value is -1.83. The highest BCUT2D eigenvalue weighted by Crippen LogP contribution is 2.12. The van der Waals surface area contributed by atoms with E-state index in [1.165, 1.54) is 12.4 Å². The van der Waals surface area contributed by atoms with Gasteiger partial charge in [-0.05, 0) is 13.8 Å². The fourth-order valence-corrected chi connectivity index (χ4v) is 0.822. The van der Waals surface area contributed by atoms with Crippen LogP contribution >= 0.6 is 0 Å². The lowest BCUT2D eigenvalue weighted by atomic mass is 9.96. The molecule has 5 heteroatoms. The van der Waals surface area contributed by atoms with Crippen molar-refractivity contribution in [2.45, 2.75) is 13.8 Å². The fraction of sp³-hybridized carbons (Fsp3) is 0.444. The van der Waals surface area contributed by atoms with Gasteiger partial charge in [-0.25, -0.2) is 4.98 Å². The van der Waals surface area contributed by atoms with E-state index in [-0.39, 0.29) is 11.4 Å². The van der Waals surface area contributed by atoms with Crippen LogP contribution in [-0.2, 0) is 0 Å². The van der Waals surface area contributed by atoms with Gasteiger partial charge in [-0.3, -0.25) is 4.79 Å². The van der Waals surface area contributed by atoms with E-state index in [1.54, 1.807) is 13.8 Å². The summed E-state index contributed by atoms with van der Waals surface area (Å²) < 4.78 is 0. The third-order valence-corrected chi connectivity index (χ3v) is 1.71. The molecule has 14 heavy (non-hydrogen) atoms. The van der Waals surface area contributed by atoms with Crippen molar-refractivity contribution in [3.63, 3.8) is 0 Å². The zero-order valence-corrected chi connectivity index (χ0v) is 8.16. The molecule has 0 spiro atoms. The molecule has 1 aromatic heterocycles. The summed E-state index contributed by atoms with van der Waals surface area (Å²) in [5.41, 5.74) is -0.787. The Morgan fingerprint density at radius 3 is 3.00 bits per heavy atom. The predicted octanol–water partition coefficient (Wildman–Crippen LogP) is 0.732. The average molecular weight is 192 g/mol. The van der Waals surface area contributed by atoms with E-state index in [2.05, 4.69) is 21.4 Å². The minimum Gasteiger partial charge on any atom is -0.364 e. The SMILES string of the molecule is CC(C)(C#N)CNc1ncc[nH]c1=O. The van der Waals surface area contributed by atoms with Crippen molar-refractivity contribution in [2.75, 3.05) is 11.9 Å². The van der Waals surface area contributed by atoms with Crippen LogP contribution < -0.4 is 10.9 Å². The maximum atomic E-state index is 11.2. The van der Waals surface area contributed by atoms with Gasteiger partial charge in [0.1, 0.15) is 0 Å². The number of nitrogens with zero attached hydrogens (tertiary/aromatic N) is 2. The van der Waals surface area contributed by atoms with Crippen LogP contribution in [-0.4, -0.2) is 16.5 Å². The highest BCUT2D eigenvalue weighted by Gasteiger charge is 2.16. The summed E-state index contributed by atoms with van der Waals surface area (Å²) >= 11 is 0. The van der Waals surface area contributed by atoms with Crippen LogP contribution in [0.2, 0.25) is 0 Å². The second-order valence-electron chi connectivity index (χ2n) is 3.62. The van der Waals surface area contributed by atoms with Gasteiger partial charge in [0.25, 0.3) is 5.56 Å². The van der Waals surface area contributed by atoms with Crippen molar-refractivity contribution < 1.29 is 0 Å². The van der Waals surface area contributed by atoms with E-state index in [0.29, 0.717) is 6.54 Å². The molecule has 1 heterocycles. The number of aromatic amines is 1. The minimum atomic E-state index is -0.510. The number of nitrogens with one attached hydrogen (secondary N) is 2. The van der Waals surface area contributed by atoms with Gasteiger partial charge in [0.15, 0.2) is 5.82 Å². The molecule has 0 aromatic carbocycles. The number of nitriles is 1. The zero-order valence-electron chi connectivity index (χ0n) is 8.16. The molecular formula is C9H12N4O. The monoisotopic (exact) mass is 192 g/mol. The molecule has 0 aliphatic carbocycles. The lowest BCUT2D eigenvalue weighted by Crippen LogP contribution is -2.25. The molecule has 0 atom stereocenters. The molecule has 0 aliphatic heterocycles. The Morgan fingerprint density at radius 1 is 1.71 bits per heavy atom. The molecule has 0 radical (unpaired) electrons. The molecule has 2 N–H and O–H groups in total. The van der Waals surface area contributed by atoms with E-state index in [0.717, 1.165) is 0 Å². The second-order valence-corrected chi connectivity index (χ2v) is 3.62. The topological polar surface area (TPSA) is 81.6 Å². The van der Waals surface area contributed by atoms with Gasteiger partial charge in [0, 0.05) is 18.9 Å². The largest absolute Gasteiger partial charge is 0.364 e. The standard InChI is InChI=1S/C9H12N4O/c1-9(2,5-10)6-13-7-8(14)12-4-3-11-7/h3-4H,6H2,1-2H3,(H,11,13)(H,12,14). The first-order valence-corrected chi connectivity index (χ1v) is 4.24. The Balaban J connectivity index is 2.69. The van der Waals surface area contributed by atoms with Crippen LogP contribution in [0.15, 0.2) is 17.2 Å². The Morgan fingerprint density at radius 2 is 2.43 bits per heavy atom. The van der Waals surface area contributed by atoms with Gasteiger partial charge in [-0.2, -0.15) is 5.26 Å². The molecule has 0 aliphatic rings. The van der Waals surface area contributed by atoms with E-state index in [9.17, 15) is 4.79 Å². The third kappa shape index (κ3) is 2.59. The maximum absolute atomic E-state index is 11.2. The van der Waals surface area contributed by atoms with E-state index in [4.69, 9.17) is 5.26 Å². The maximum Gasteiger partial charge on any atom is 0.290 e. The van der Waals surface area contributed by atoms with Crippen molar-refractivity contribution >= 4 is 5.82 Å². The van der Waals surface area contributed by atoms with Crippen molar-refractivity contribution in [3.05, 3.63) is 22.7 Å². The Bertz CT molecular complexity index is 402. The molecule has 0 unspecified atom stereocenters. The molecular weight excluding hydrogens is 180 g/mol. The summed E-state index contributed by atoms with van der Waals surface area (Å²) in [6, 6.07) is 2.13. The molecule has 0 amide bonds. The molecule has 1 aromatic rings. The van der Waals surface area contributed by atoms with Crippen LogP contribution in [0.3, 0.4) is 0 Å². The van der Waals surface area contributed by atoms with Crippen LogP contribution in [0.1, 0.15) is 13.8 Å². The van der Waals surface area contributed by atoms with E-state index < -0.39 is 5.41 Å². The van der Waals surface area contributed by atoms with Gasteiger partial charge >= 0.3 is 0 Å². The predicted molar refractivity (Wildman–Crippen MR) is 52.7 cm³/mol. The second kappa shape index (κ2) is 3.92. The fourth-order valence-electron chi connectivity index (χ4n) is 0.822. The average Bonchev–Trinajstić information content (AvgIpc) is 2.17. The highest BCUT2D eigenvalue weighted by molar-refractivity contribution is 5.30. The summed E-state index contributed by atoms with van der Waals surface area (Å²) in [7, 11) is 0. The van der Waals surface area contributed by atoms with Crippen LogP contribution in [0.4, 0.5) is 5.82 Å². The Kier molecular flexibility index (Phi) is 2.87. The van der Waals surface area contributed by atoms with Crippen molar-refractivity contribution in [1.29, 1.82) is 5.26 Å². The number of hydrogen-bond acceptors (Lipinski definition) is 4. The summed E-state index contributed by atoms with van der Waals surface area (Å²) in [6.45, 7) is 3.97. The molecule has 0 saturated heterocycles. The molecule has 1 rings (SSSR count). The molecule has 0 bridgehead atoms. The number of hydrogen-bond donors (Lipinski definition) is 2. The van der Waals surface area contributed by atoms with Gasteiger partial charge in [-0.15, -0.1) is 0 Å². The van der Waals surface area contributed by atoms with Crippen LogP contribution in [0.25, 0.3) is 0 Å². The Labute approximate surface area is 81.8 Å². The first-order chi connectivity index (χ1) is 6.55. The first kappa shape index (κ1) is 10.3. The van der Waals surface area contributed by atoms with Gasteiger partial charge < -0.3 is 10.3 Å². The number of aromatic nitrogens is 2. The van der Waals surface area contributed by atoms with Crippen LogP contribution in [0.5, 0.6) is 0 Å². The van der Waals surface area contributed by atoms with E-state index in [1.807, 2.05) is 0 Å². The lowest BCUT2D eigenvalue weighted by Gasteiger charge is -2.15. The molecule has 0 saturated carbocycles.